The van der Waals surface area contributed by atoms with Gasteiger partial charge in [-0.05, 0) is 44.6 Å². The Morgan fingerprint density at radius 1 is 0.875 bits per heavy atom. The summed E-state index contributed by atoms with van der Waals surface area (Å²) in [5.74, 6) is -0.277. The van der Waals surface area contributed by atoms with Crippen molar-refractivity contribution in [3.05, 3.63) is 18.0 Å². The number of hydrogen-bond donors (Lipinski definition) is 2. The van der Waals surface area contributed by atoms with E-state index < -0.39 is 10.0 Å². The van der Waals surface area contributed by atoms with E-state index in [2.05, 4.69) is 10.6 Å². The Balaban J connectivity index is 1.29. The molecular weight excluding hydrogens is 430 g/mol. The van der Waals surface area contributed by atoms with Gasteiger partial charge in [0.2, 0.25) is 10.0 Å². The van der Waals surface area contributed by atoms with Gasteiger partial charge in [0.15, 0.2) is 0 Å². The lowest BCUT2D eigenvalue weighted by atomic mass is 9.95. The number of hydrogen-bond acceptors (Lipinski definition) is 4. The van der Waals surface area contributed by atoms with Gasteiger partial charge in [0, 0.05) is 51.5 Å². The van der Waals surface area contributed by atoms with Crippen LogP contribution in [0.2, 0.25) is 0 Å². The van der Waals surface area contributed by atoms with E-state index in [0.717, 1.165) is 25.7 Å². The molecule has 0 unspecified atom stereocenters. The van der Waals surface area contributed by atoms with E-state index in [9.17, 15) is 18.0 Å². The van der Waals surface area contributed by atoms with Crippen LogP contribution >= 0.6 is 0 Å². The Morgan fingerprint density at radius 3 is 2.16 bits per heavy atom. The molecule has 32 heavy (non-hydrogen) atoms. The number of urea groups is 1. The van der Waals surface area contributed by atoms with Gasteiger partial charge in [0.1, 0.15) is 10.6 Å². The third-order valence-electron chi connectivity index (χ3n) is 6.97. The molecule has 0 radical (unpaired) electrons. The lowest BCUT2D eigenvalue weighted by Gasteiger charge is -2.34. The molecule has 1 saturated carbocycles. The van der Waals surface area contributed by atoms with Crippen LogP contribution < -0.4 is 10.6 Å². The van der Waals surface area contributed by atoms with E-state index in [1.165, 1.54) is 35.8 Å². The highest BCUT2D eigenvalue weighted by molar-refractivity contribution is 7.89. The maximum atomic E-state index is 12.8. The number of carbonyl (C=O) groups excluding carboxylic acids is 2. The van der Waals surface area contributed by atoms with Crippen molar-refractivity contribution in [2.75, 3.05) is 26.2 Å². The van der Waals surface area contributed by atoms with Gasteiger partial charge >= 0.3 is 6.03 Å². The summed E-state index contributed by atoms with van der Waals surface area (Å²) in [6.07, 6.45) is 10.4. The van der Waals surface area contributed by atoms with Gasteiger partial charge in [0.25, 0.3) is 5.91 Å². The Hall–Kier alpha value is -2.07. The van der Waals surface area contributed by atoms with Crippen molar-refractivity contribution in [3.63, 3.8) is 0 Å². The number of aryl methyl sites for hydroxylation is 1. The number of aromatic nitrogens is 1. The Kier molecular flexibility index (Phi) is 7.09. The first-order chi connectivity index (χ1) is 15.3. The maximum absolute atomic E-state index is 12.8. The molecule has 0 atom stereocenters. The van der Waals surface area contributed by atoms with Crippen molar-refractivity contribution < 1.29 is 18.0 Å². The summed E-state index contributed by atoms with van der Waals surface area (Å²) in [7, 11) is -1.86. The molecule has 3 heterocycles. The van der Waals surface area contributed by atoms with Crippen molar-refractivity contribution in [1.82, 2.24) is 24.4 Å². The molecule has 0 spiro atoms. The van der Waals surface area contributed by atoms with Crippen molar-refractivity contribution >= 4 is 22.0 Å². The first kappa shape index (κ1) is 23.1. The molecule has 9 nitrogen and oxygen atoms in total. The number of likely N-dealkylation sites (tertiary alicyclic amines) is 1. The van der Waals surface area contributed by atoms with Crippen LogP contribution in [0.4, 0.5) is 4.79 Å². The number of nitrogens with one attached hydrogen (secondary N) is 2. The number of nitrogens with zero attached hydrogens (tertiary/aromatic N) is 3. The second-order valence-electron chi connectivity index (χ2n) is 9.30. The summed E-state index contributed by atoms with van der Waals surface area (Å²) in [6, 6.07) is 1.73. The fourth-order valence-corrected chi connectivity index (χ4v) is 6.57. The molecule has 10 heteroatoms. The minimum absolute atomic E-state index is 0.000808. The first-order valence-electron chi connectivity index (χ1n) is 11.9. The predicted octanol–water partition coefficient (Wildman–Crippen LogP) is 2.05. The van der Waals surface area contributed by atoms with Crippen LogP contribution in [0.1, 0.15) is 68.3 Å². The zero-order valence-electron chi connectivity index (χ0n) is 18.9. The largest absolute Gasteiger partial charge is 0.348 e. The molecule has 3 fully saturated rings. The van der Waals surface area contributed by atoms with Crippen molar-refractivity contribution in [2.24, 2.45) is 7.05 Å². The summed E-state index contributed by atoms with van der Waals surface area (Å²) in [6.45, 7) is 2.27. The van der Waals surface area contributed by atoms with E-state index in [-0.39, 0.29) is 28.9 Å². The highest BCUT2D eigenvalue weighted by atomic mass is 32.2. The van der Waals surface area contributed by atoms with Crippen LogP contribution in [0.15, 0.2) is 17.2 Å². The molecule has 178 valence electrons. The average molecular weight is 466 g/mol. The second-order valence-corrected chi connectivity index (χ2v) is 11.2. The SMILES string of the molecule is Cn1cc(S(=O)(=O)N2CCCC2)cc1C(=O)NC1CCN(C(=O)NC2CCCCC2)CC1. The van der Waals surface area contributed by atoms with Crippen molar-refractivity contribution in [1.29, 1.82) is 0 Å². The fraction of sp³-hybridized carbons (Fsp3) is 0.727. The molecule has 2 aliphatic heterocycles. The highest BCUT2D eigenvalue weighted by Crippen LogP contribution is 2.23. The van der Waals surface area contributed by atoms with Gasteiger partial charge in [0.05, 0.1) is 0 Å². The molecule has 4 rings (SSSR count). The summed E-state index contributed by atoms with van der Waals surface area (Å²) >= 11 is 0. The molecule has 1 aromatic rings. The van der Waals surface area contributed by atoms with Gasteiger partial charge in [-0.15, -0.1) is 0 Å². The van der Waals surface area contributed by atoms with E-state index in [1.807, 2.05) is 4.90 Å². The van der Waals surface area contributed by atoms with E-state index in [4.69, 9.17) is 0 Å². The van der Waals surface area contributed by atoms with Crippen molar-refractivity contribution in [3.8, 4) is 0 Å². The molecule has 3 aliphatic rings. The minimum Gasteiger partial charge on any atom is -0.348 e. The summed E-state index contributed by atoms with van der Waals surface area (Å²) in [5.41, 5.74) is 0.334. The van der Waals surface area contributed by atoms with Crippen LogP contribution in [-0.2, 0) is 17.1 Å². The molecule has 0 bridgehead atoms. The van der Waals surface area contributed by atoms with Crippen LogP contribution in [0.25, 0.3) is 0 Å². The number of amides is 3. The van der Waals surface area contributed by atoms with Crippen LogP contribution in [0.5, 0.6) is 0 Å². The van der Waals surface area contributed by atoms with Gasteiger partial charge in [-0.25, -0.2) is 13.2 Å². The normalized spacial score (nSPS) is 21.6. The average Bonchev–Trinajstić information content (AvgIpc) is 3.46. The monoisotopic (exact) mass is 465 g/mol. The van der Waals surface area contributed by atoms with Crippen LogP contribution in [0, 0.1) is 0 Å². The van der Waals surface area contributed by atoms with Gasteiger partial charge < -0.3 is 20.1 Å². The van der Waals surface area contributed by atoms with E-state index in [0.29, 0.717) is 44.7 Å². The third-order valence-corrected chi connectivity index (χ3v) is 8.83. The highest BCUT2D eigenvalue weighted by Gasteiger charge is 2.30. The topological polar surface area (TPSA) is 104 Å². The van der Waals surface area contributed by atoms with Crippen molar-refractivity contribution in [2.45, 2.75) is 74.8 Å². The minimum atomic E-state index is -3.55. The summed E-state index contributed by atoms with van der Waals surface area (Å²) < 4.78 is 28.6. The smallest absolute Gasteiger partial charge is 0.317 e. The summed E-state index contributed by atoms with van der Waals surface area (Å²) in [5, 5.41) is 6.18. The van der Waals surface area contributed by atoms with Crippen LogP contribution in [0.3, 0.4) is 0 Å². The molecule has 2 saturated heterocycles. The van der Waals surface area contributed by atoms with E-state index in [1.54, 1.807) is 11.6 Å². The quantitative estimate of drug-likeness (QED) is 0.694. The first-order valence-corrected chi connectivity index (χ1v) is 13.3. The fourth-order valence-electron chi connectivity index (χ4n) is 4.98. The summed E-state index contributed by atoms with van der Waals surface area (Å²) in [4.78, 5) is 27.4. The standard InChI is InChI=1S/C22H35N5O4S/c1-25-16-19(32(30,31)27-11-5-6-12-27)15-20(25)21(28)23-18-9-13-26(14-10-18)22(29)24-17-7-3-2-4-8-17/h15-18H,2-14H2,1H3,(H,23,28)(H,24,29). The molecule has 3 amide bonds. The number of carbonyl (C=O) groups is 2. The van der Waals surface area contributed by atoms with Gasteiger partial charge in [-0.1, -0.05) is 19.3 Å². The zero-order chi connectivity index (χ0) is 22.7. The molecule has 1 aliphatic carbocycles. The Labute approximate surface area is 190 Å². The third kappa shape index (κ3) is 5.11. The zero-order valence-corrected chi connectivity index (χ0v) is 19.7. The second kappa shape index (κ2) is 9.82. The Morgan fingerprint density at radius 2 is 1.50 bits per heavy atom. The van der Waals surface area contributed by atoms with Gasteiger partial charge in [-0.3, -0.25) is 4.79 Å². The molecular formula is C22H35N5O4S. The lowest BCUT2D eigenvalue weighted by molar-refractivity contribution is 0.0909. The molecule has 2 N–H and O–H groups in total. The molecule has 0 aromatic carbocycles. The number of piperidine rings is 1. The Bertz CT molecular complexity index is 924. The lowest BCUT2D eigenvalue weighted by Crippen LogP contribution is -2.51. The number of sulfonamides is 1. The maximum Gasteiger partial charge on any atom is 0.317 e. The van der Waals surface area contributed by atoms with Crippen LogP contribution in [-0.4, -0.2) is 72.4 Å². The number of rotatable bonds is 5. The van der Waals surface area contributed by atoms with E-state index >= 15 is 0 Å². The molecule has 1 aromatic heterocycles. The predicted molar refractivity (Wildman–Crippen MR) is 121 cm³/mol. The van der Waals surface area contributed by atoms with Gasteiger partial charge in [-0.2, -0.15) is 4.31 Å².